The van der Waals surface area contributed by atoms with Crippen LogP contribution < -0.4 is 5.69 Å². The monoisotopic (exact) mass is 438 g/mol. The third-order valence-electron chi connectivity index (χ3n) is 6.16. The summed E-state index contributed by atoms with van der Waals surface area (Å²) in [5.41, 5.74) is 2.30. The van der Waals surface area contributed by atoms with E-state index < -0.39 is 0 Å². The normalized spacial score (nSPS) is 14.8. The van der Waals surface area contributed by atoms with Crippen molar-refractivity contribution >= 4 is 5.91 Å². The van der Waals surface area contributed by atoms with E-state index in [0.29, 0.717) is 38.3 Å². The Bertz CT molecular complexity index is 1120. The fourth-order valence-corrected chi connectivity index (χ4v) is 4.34. The molecule has 1 aromatic carbocycles. The molecule has 0 aliphatic carbocycles. The molecule has 1 amide bonds. The van der Waals surface area contributed by atoms with Crippen molar-refractivity contribution in [3.8, 4) is 5.69 Å². The number of likely N-dealkylation sites (tertiary alicyclic amines) is 1. The summed E-state index contributed by atoms with van der Waals surface area (Å²) in [6, 6.07) is 9.80. The maximum atomic E-state index is 13.2. The second-order valence-electron chi connectivity index (χ2n) is 8.06. The number of para-hydroxylation sites is 1. The highest BCUT2D eigenvalue weighted by molar-refractivity contribution is 5.95. The molecular weight excluding hydrogens is 408 g/mol. The van der Waals surface area contributed by atoms with E-state index in [1.54, 1.807) is 22.6 Å². The van der Waals surface area contributed by atoms with Crippen molar-refractivity contribution in [2.45, 2.75) is 45.7 Å². The number of ether oxygens (including phenoxy) is 1. The average molecular weight is 439 g/mol. The molecule has 0 N–H and O–H groups in total. The van der Waals surface area contributed by atoms with Gasteiger partial charge in [-0.2, -0.15) is 10.2 Å². The van der Waals surface area contributed by atoms with Gasteiger partial charge in [-0.3, -0.25) is 9.36 Å². The van der Waals surface area contributed by atoms with E-state index in [-0.39, 0.29) is 17.5 Å². The Morgan fingerprint density at radius 2 is 1.91 bits per heavy atom. The Kier molecular flexibility index (Phi) is 6.55. The van der Waals surface area contributed by atoms with Crippen LogP contribution in [0, 0.1) is 6.92 Å². The lowest BCUT2D eigenvalue weighted by Gasteiger charge is -2.31. The van der Waals surface area contributed by atoms with Crippen LogP contribution in [0.2, 0.25) is 0 Å². The Hall–Kier alpha value is -3.20. The molecule has 0 bridgehead atoms. The molecule has 1 aliphatic heterocycles. The zero-order chi connectivity index (χ0) is 22.7. The summed E-state index contributed by atoms with van der Waals surface area (Å²) in [7, 11) is 1.61. The van der Waals surface area contributed by atoms with Crippen LogP contribution in [0.15, 0.2) is 41.3 Å². The van der Waals surface area contributed by atoms with E-state index in [0.717, 1.165) is 30.0 Å². The number of methoxy groups -OCH3 is 1. The van der Waals surface area contributed by atoms with Crippen molar-refractivity contribution in [2.75, 3.05) is 26.8 Å². The van der Waals surface area contributed by atoms with Crippen LogP contribution in [0.4, 0.5) is 0 Å². The fraction of sp³-hybridized carbons (Fsp3) is 0.478. The highest BCUT2D eigenvalue weighted by Gasteiger charge is 2.30. The van der Waals surface area contributed by atoms with Gasteiger partial charge in [0, 0.05) is 32.7 Å². The van der Waals surface area contributed by atoms with Gasteiger partial charge in [0.2, 0.25) is 0 Å². The molecule has 32 heavy (non-hydrogen) atoms. The van der Waals surface area contributed by atoms with Gasteiger partial charge in [-0.25, -0.2) is 14.2 Å². The van der Waals surface area contributed by atoms with E-state index in [9.17, 15) is 9.59 Å². The molecule has 0 radical (unpaired) electrons. The third kappa shape index (κ3) is 4.12. The van der Waals surface area contributed by atoms with Crippen molar-refractivity contribution in [1.29, 1.82) is 0 Å². The SMILES string of the molecule is CCn1c(C2CCN(C(=O)c3cnn(-c4ccccc4)c3C)CC2)nn(CCOC)c1=O. The van der Waals surface area contributed by atoms with Crippen molar-refractivity contribution in [3.63, 3.8) is 0 Å². The van der Waals surface area contributed by atoms with Crippen molar-refractivity contribution in [3.05, 3.63) is 64.1 Å². The summed E-state index contributed by atoms with van der Waals surface area (Å²) in [5.74, 6) is 0.971. The minimum absolute atomic E-state index is 0.00152. The first-order chi connectivity index (χ1) is 15.5. The van der Waals surface area contributed by atoms with E-state index in [1.165, 1.54) is 4.68 Å². The Morgan fingerprint density at radius 3 is 2.56 bits per heavy atom. The lowest BCUT2D eigenvalue weighted by Crippen LogP contribution is -2.38. The summed E-state index contributed by atoms with van der Waals surface area (Å²) in [6.07, 6.45) is 3.21. The Labute approximate surface area is 187 Å². The minimum Gasteiger partial charge on any atom is -0.383 e. The predicted molar refractivity (Wildman–Crippen MR) is 120 cm³/mol. The molecule has 1 fully saturated rings. The average Bonchev–Trinajstić information content (AvgIpc) is 3.37. The molecule has 3 aromatic rings. The van der Waals surface area contributed by atoms with Gasteiger partial charge in [-0.05, 0) is 38.8 Å². The number of rotatable bonds is 7. The smallest absolute Gasteiger partial charge is 0.345 e. The molecule has 0 unspecified atom stereocenters. The van der Waals surface area contributed by atoms with Crippen LogP contribution in [-0.4, -0.2) is 61.7 Å². The predicted octanol–water partition coefficient (Wildman–Crippen LogP) is 2.23. The first kappa shape index (κ1) is 22.0. The molecule has 0 atom stereocenters. The summed E-state index contributed by atoms with van der Waals surface area (Å²) in [6.45, 7) is 6.61. The number of amides is 1. The largest absolute Gasteiger partial charge is 0.383 e. The number of benzene rings is 1. The summed E-state index contributed by atoms with van der Waals surface area (Å²) < 4.78 is 10.1. The topological polar surface area (TPSA) is 87.2 Å². The van der Waals surface area contributed by atoms with Crippen molar-refractivity contribution < 1.29 is 9.53 Å². The van der Waals surface area contributed by atoms with E-state index >= 15 is 0 Å². The first-order valence-electron chi connectivity index (χ1n) is 11.1. The van der Waals surface area contributed by atoms with Gasteiger partial charge >= 0.3 is 5.69 Å². The minimum atomic E-state index is -0.0954. The summed E-state index contributed by atoms with van der Waals surface area (Å²) in [5, 5.41) is 9.02. The van der Waals surface area contributed by atoms with Crippen LogP contribution in [0.5, 0.6) is 0 Å². The van der Waals surface area contributed by atoms with Crippen LogP contribution in [0.1, 0.15) is 47.6 Å². The van der Waals surface area contributed by atoms with E-state index in [4.69, 9.17) is 4.74 Å². The molecule has 0 saturated carbocycles. The summed E-state index contributed by atoms with van der Waals surface area (Å²) >= 11 is 0. The van der Waals surface area contributed by atoms with Gasteiger partial charge in [0.15, 0.2) is 0 Å². The molecule has 1 aliphatic rings. The molecule has 3 heterocycles. The number of aromatic nitrogens is 5. The highest BCUT2D eigenvalue weighted by Crippen LogP contribution is 2.27. The molecule has 170 valence electrons. The van der Waals surface area contributed by atoms with Crippen LogP contribution >= 0.6 is 0 Å². The Balaban J connectivity index is 1.46. The number of hydrogen-bond acceptors (Lipinski definition) is 5. The lowest BCUT2D eigenvalue weighted by atomic mass is 9.95. The quantitative estimate of drug-likeness (QED) is 0.565. The second kappa shape index (κ2) is 9.52. The van der Waals surface area contributed by atoms with Gasteiger partial charge in [0.05, 0.1) is 36.3 Å². The third-order valence-corrected chi connectivity index (χ3v) is 6.16. The van der Waals surface area contributed by atoms with Crippen LogP contribution in [-0.2, 0) is 17.8 Å². The zero-order valence-corrected chi connectivity index (χ0v) is 18.9. The molecular formula is C23H30N6O3. The number of carbonyl (C=O) groups excluding carboxylic acids is 1. The molecule has 1 saturated heterocycles. The zero-order valence-electron chi connectivity index (χ0n) is 18.9. The Morgan fingerprint density at radius 1 is 1.19 bits per heavy atom. The second-order valence-corrected chi connectivity index (χ2v) is 8.06. The molecule has 0 spiro atoms. The lowest BCUT2D eigenvalue weighted by molar-refractivity contribution is 0.0709. The van der Waals surface area contributed by atoms with Gasteiger partial charge in [-0.15, -0.1) is 0 Å². The molecule has 2 aromatic heterocycles. The molecule has 9 nitrogen and oxygen atoms in total. The highest BCUT2D eigenvalue weighted by atomic mass is 16.5. The molecule has 4 rings (SSSR count). The van der Waals surface area contributed by atoms with Gasteiger partial charge in [0.1, 0.15) is 5.82 Å². The standard InChI is InChI=1S/C23H30N6O3/c1-4-27-21(25-28(23(27)31)14-15-32-3)18-10-12-26(13-11-18)22(30)20-16-24-29(17(20)2)19-8-6-5-7-9-19/h5-9,16,18H,4,10-15H2,1-3H3. The first-order valence-corrected chi connectivity index (χ1v) is 11.1. The molecule has 9 heteroatoms. The fourth-order valence-electron chi connectivity index (χ4n) is 4.34. The van der Waals surface area contributed by atoms with Crippen molar-refractivity contribution in [2.24, 2.45) is 0 Å². The van der Waals surface area contributed by atoms with Crippen LogP contribution in [0.3, 0.4) is 0 Å². The van der Waals surface area contributed by atoms with Crippen LogP contribution in [0.25, 0.3) is 5.69 Å². The summed E-state index contributed by atoms with van der Waals surface area (Å²) in [4.78, 5) is 27.7. The van der Waals surface area contributed by atoms with Gasteiger partial charge < -0.3 is 9.64 Å². The van der Waals surface area contributed by atoms with E-state index in [2.05, 4.69) is 10.2 Å². The number of nitrogens with zero attached hydrogens (tertiary/aromatic N) is 6. The maximum Gasteiger partial charge on any atom is 0.345 e. The van der Waals surface area contributed by atoms with Gasteiger partial charge in [-0.1, -0.05) is 18.2 Å². The number of carbonyl (C=O) groups is 1. The van der Waals surface area contributed by atoms with Gasteiger partial charge in [0.25, 0.3) is 5.91 Å². The number of hydrogen-bond donors (Lipinski definition) is 0. The van der Waals surface area contributed by atoms with E-state index in [1.807, 2.05) is 49.1 Å². The number of piperidine rings is 1. The maximum absolute atomic E-state index is 13.2. The van der Waals surface area contributed by atoms with Crippen molar-refractivity contribution in [1.82, 2.24) is 29.0 Å².